The summed E-state index contributed by atoms with van der Waals surface area (Å²) < 4.78 is 22.8. The summed E-state index contributed by atoms with van der Waals surface area (Å²) in [5.74, 6) is -0.367. The van der Waals surface area contributed by atoms with Gasteiger partial charge in [0, 0.05) is 32.7 Å². The predicted octanol–water partition coefficient (Wildman–Crippen LogP) is 6.69. The van der Waals surface area contributed by atoms with Gasteiger partial charge in [-0.1, -0.05) is 6.42 Å². The van der Waals surface area contributed by atoms with Crippen molar-refractivity contribution < 1.29 is 38.1 Å². The van der Waals surface area contributed by atoms with Crippen LogP contribution in [0.15, 0.2) is 0 Å². The van der Waals surface area contributed by atoms with Crippen LogP contribution in [0, 0.1) is 0 Å². The summed E-state index contributed by atoms with van der Waals surface area (Å²) in [5.41, 5.74) is -2.71. The molecule has 274 valence electrons. The fourth-order valence-electron chi connectivity index (χ4n) is 4.96. The van der Waals surface area contributed by atoms with Gasteiger partial charge in [0.15, 0.2) is 0 Å². The number of carbonyl (C=O) groups is 4. The van der Waals surface area contributed by atoms with Gasteiger partial charge in [0.2, 0.25) is 0 Å². The van der Waals surface area contributed by atoms with E-state index in [-0.39, 0.29) is 19.1 Å². The van der Waals surface area contributed by atoms with Crippen LogP contribution in [0.25, 0.3) is 0 Å². The van der Waals surface area contributed by atoms with Crippen LogP contribution in [0.3, 0.4) is 0 Å². The molecule has 47 heavy (non-hydrogen) atoms. The van der Waals surface area contributed by atoms with E-state index < -0.39 is 46.7 Å². The minimum atomic E-state index is -0.732. The predicted molar refractivity (Wildman–Crippen MR) is 183 cm³/mol. The lowest BCUT2D eigenvalue weighted by Gasteiger charge is -2.38. The standard InChI is InChI=1S/C35H66N4O8/c1-14-36(29(41)45-33(5,6)7)22-18-23-38(30(42)46-34(8,9)10)24-19-25-39(31(43)47-35(11,12)13)26-27(28(40)44-32(2,3)4)37-20-16-15-17-21-37/h27H,14-26H2,1-13H3. The van der Waals surface area contributed by atoms with Gasteiger partial charge in [-0.05, 0) is 129 Å². The number of amides is 3. The Morgan fingerprint density at radius 1 is 0.553 bits per heavy atom. The second-order valence-corrected chi connectivity index (χ2v) is 16.3. The van der Waals surface area contributed by atoms with Crippen LogP contribution in [-0.2, 0) is 23.7 Å². The van der Waals surface area contributed by atoms with E-state index in [9.17, 15) is 19.2 Å². The zero-order valence-corrected chi connectivity index (χ0v) is 31.8. The highest BCUT2D eigenvalue weighted by Crippen LogP contribution is 2.20. The molecular formula is C35H66N4O8. The van der Waals surface area contributed by atoms with E-state index in [1.54, 1.807) is 35.5 Å². The lowest BCUT2D eigenvalue weighted by molar-refractivity contribution is -0.162. The van der Waals surface area contributed by atoms with Gasteiger partial charge in [0.1, 0.15) is 28.4 Å². The number of hydrogen-bond donors (Lipinski definition) is 0. The molecule has 1 unspecified atom stereocenters. The molecule has 0 spiro atoms. The molecule has 1 atom stereocenters. The van der Waals surface area contributed by atoms with Crippen LogP contribution in [0.2, 0.25) is 0 Å². The Labute approximate surface area is 284 Å². The highest BCUT2D eigenvalue weighted by molar-refractivity contribution is 5.78. The molecule has 0 radical (unpaired) electrons. The third-order valence-electron chi connectivity index (χ3n) is 6.95. The van der Waals surface area contributed by atoms with E-state index in [0.717, 1.165) is 32.4 Å². The molecule has 1 aliphatic rings. The van der Waals surface area contributed by atoms with E-state index >= 15 is 0 Å². The highest BCUT2D eigenvalue weighted by atomic mass is 16.6. The molecule has 1 saturated heterocycles. The summed E-state index contributed by atoms with van der Waals surface area (Å²) in [4.78, 5) is 59.8. The number of ether oxygens (including phenoxy) is 4. The Kier molecular flexibility index (Phi) is 16.3. The van der Waals surface area contributed by atoms with Crippen molar-refractivity contribution in [3.63, 3.8) is 0 Å². The Morgan fingerprint density at radius 3 is 1.32 bits per heavy atom. The Morgan fingerprint density at radius 2 is 0.915 bits per heavy atom. The average molecular weight is 671 g/mol. The van der Waals surface area contributed by atoms with Crippen molar-refractivity contribution in [2.45, 2.75) is 151 Å². The van der Waals surface area contributed by atoms with Crippen molar-refractivity contribution in [3.8, 4) is 0 Å². The van der Waals surface area contributed by atoms with Gasteiger partial charge in [0.25, 0.3) is 0 Å². The van der Waals surface area contributed by atoms with Gasteiger partial charge in [-0.3, -0.25) is 9.69 Å². The summed E-state index contributed by atoms with van der Waals surface area (Å²) in [5, 5.41) is 0. The monoisotopic (exact) mass is 670 g/mol. The number of esters is 1. The largest absolute Gasteiger partial charge is 0.459 e. The van der Waals surface area contributed by atoms with Gasteiger partial charge in [-0.25, -0.2) is 14.4 Å². The van der Waals surface area contributed by atoms with Crippen LogP contribution in [0.4, 0.5) is 14.4 Å². The van der Waals surface area contributed by atoms with Crippen molar-refractivity contribution in [1.29, 1.82) is 0 Å². The third-order valence-corrected chi connectivity index (χ3v) is 6.95. The summed E-state index contributed by atoms with van der Waals surface area (Å²) in [7, 11) is 0. The first kappa shape index (κ1) is 42.3. The van der Waals surface area contributed by atoms with Crippen molar-refractivity contribution in [1.82, 2.24) is 19.6 Å². The van der Waals surface area contributed by atoms with Crippen LogP contribution in [0.5, 0.6) is 0 Å². The van der Waals surface area contributed by atoms with Crippen molar-refractivity contribution >= 4 is 24.2 Å². The normalized spacial score (nSPS) is 15.3. The number of likely N-dealkylation sites (tertiary alicyclic amines) is 1. The zero-order valence-electron chi connectivity index (χ0n) is 31.8. The third kappa shape index (κ3) is 18.4. The number of rotatable bonds is 13. The van der Waals surface area contributed by atoms with Crippen LogP contribution >= 0.6 is 0 Å². The van der Waals surface area contributed by atoms with Gasteiger partial charge < -0.3 is 33.6 Å². The molecule has 1 aliphatic heterocycles. The number of piperidine rings is 1. The topological polar surface area (TPSA) is 118 Å². The summed E-state index contributed by atoms with van der Waals surface area (Å²) in [6, 6.07) is -0.642. The van der Waals surface area contributed by atoms with Crippen molar-refractivity contribution in [2.24, 2.45) is 0 Å². The first-order valence-corrected chi connectivity index (χ1v) is 17.3. The molecule has 12 heteroatoms. The Balaban J connectivity index is 3.14. The fraction of sp³-hybridized carbons (Fsp3) is 0.886. The quantitative estimate of drug-likeness (QED) is 0.156. The minimum Gasteiger partial charge on any atom is -0.459 e. The van der Waals surface area contributed by atoms with Gasteiger partial charge in [0.05, 0.1) is 6.54 Å². The lowest BCUT2D eigenvalue weighted by Crippen LogP contribution is -2.54. The smallest absolute Gasteiger partial charge is 0.410 e. The molecular weight excluding hydrogens is 604 g/mol. The van der Waals surface area contributed by atoms with E-state index in [1.807, 2.05) is 69.2 Å². The van der Waals surface area contributed by atoms with E-state index in [2.05, 4.69) is 4.90 Å². The molecule has 0 saturated carbocycles. The van der Waals surface area contributed by atoms with Gasteiger partial charge in [-0.2, -0.15) is 0 Å². The van der Waals surface area contributed by atoms with Crippen molar-refractivity contribution in [2.75, 3.05) is 52.4 Å². The molecule has 1 fully saturated rings. The molecule has 0 bridgehead atoms. The molecule has 0 aromatic rings. The summed E-state index contributed by atoms with van der Waals surface area (Å²) in [6.07, 6.45) is 2.58. The Bertz CT molecular complexity index is 1000. The summed E-state index contributed by atoms with van der Waals surface area (Å²) >= 11 is 0. The van der Waals surface area contributed by atoms with Gasteiger partial charge >= 0.3 is 24.2 Å². The number of carbonyl (C=O) groups excluding carboxylic acids is 4. The van der Waals surface area contributed by atoms with Crippen molar-refractivity contribution in [3.05, 3.63) is 0 Å². The second kappa shape index (κ2) is 18.1. The number of hydrogen-bond acceptors (Lipinski definition) is 9. The number of nitrogens with zero attached hydrogens (tertiary/aromatic N) is 4. The first-order chi connectivity index (χ1) is 21.4. The second-order valence-electron chi connectivity index (χ2n) is 16.3. The minimum absolute atomic E-state index is 0.109. The van der Waals surface area contributed by atoms with E-state index in [0.29, 0.717) is 39.0 Å². The molecule has 1 heterocycles. The maximum atomic E-state index is 13.5. The van der Waals surface area contributed by atoms with Crippen LogP contribution in [0.1, 0.15) is 122 Å². The summed E-state index contributed by atoms with van der Waals surface area (Å²) in [6.45, 7) is 27.1. The van der Waals surface area contributed by atoms with Crippen LogP contribution < -0.4 is 0 Å². The van der Waals surface area contributed by atoms with E-state index in [1.165, 1.54) is 0 Å². The lowest BCUT2D eigenvalue weighted by atomic mass is 10.1. The van der Waals surface area contributed by atoms with Gasteiger partial charge in [-0.15, -0.1) is 0 Å². The molecule has 0 aromatic heterocycles. The van der Waals surface area contributed by atoms with Crippen LogP contribution in [-0.4, -0.2) is 125 Å². The van der Waals surface area contributed by atoms with E-state index in [4.69, 9.17) is 18.9 Å². The zero-order chi connectivity index (χ0) is 36.2. The fourth-order valence-corrected chi connectivity index (χ4v) is 4.96. The maximum absolute atomic E-state index is 13.5. The molecule has 12 nitrogen and oxygen atoms in total. The molecule has 0 aliphatic carbocycles. The molecule has 0 N–H and O–H groups in total. The Hall–Kier alpha value is -2.76. The SMILES string of the molecule is CCN(CCCN(CCCN(CC(C(=O)OC(C)(C)C)N1CCCCC1)C(=O)OC(C)(C)C)C(=O)OC(C)(C)C)C(=O)OC(C)(C)C. The molecule has 0 aromatic carbocycles. The molecule has 3 amide bonds. The maximum Gasteiger partial charge on any atom is 0.410 e. The highest BCUT2D eigenvalue weighted by Gasteiger charge is 2.35. The first-order valence-electron chi connectivity index (χ1n) is 17.3. The average Bonchev–Trinajstić information content (AvgIpc) is 2.88. The molecule has 1 rings (SSSR count).